The summed E-state index contributed by atoms with van der Waals surface area (Å²) in [5.74, 6) is 0. The molecule has 0 spiro atoms. The molecule has 1 rings (SSSR count). The summed E-state index contributed by atoms with van der Waals surface area (Å²) in [6.45, 7) is 4.40. The Kier molecular flexibility index (Phi) is 7.10. The molecule has 0 aromatic heterocycles. The molecule has 1 fully saturated rings. The standard InChI is InChI=1S/C13H24F3NO2/c1-2-6-17-9-12(5-8-19-10-12)4-3-7-18-11-13(14,15)16/h17H,2-11H2,1H3. The molecule has 1 aliphatic rings. The van der Waals surface area contributed by atoms with Crippen molar-refractivity contribution in [3.8, 4) is 0 Å². The lowest BCUT2D eigenvalue weighted by Gasteiger charge is -2.27. The first-order valence-corrected chi connectivity index (χ1v) is 6.90. The monoisotopic (exact) mass is 283 g/mol. The Balaban J connectivity index is 2.19. The topological polar surface area (TPSA) is 30.5 Å². The van der Waals surface area contributed by atoms with Crippen LogP contribution in [0.3, 0.4) is 0 Å². The summed E-state index contributed by atoms with van der Waals surface area (Å²) in [5.41, 5.74) is 0.0801. The first-order valence-electron chi connectivity index (χ1n) is 6.90. The van der Waals surface area contributed by atoms with Crippen LogP contribution in [0.15, 0.2) is 0 Å². The molecule has 0 aromatic rings. The molecule has 6 heteroatoms. The number of halogens is 3. The van der Waals surface area contributed by atoms with Crippen LogP contribution in [0.5, 0.6) is 0 Å². The lowest BCUT2D eigenvalue weighted by Crippen LogP contribution is -2.35. The number of rotatable bonds is 9. The number of hydrogen-bond acceptors (Lipinski definition) is 3. The van der Waals surface area contributed by atoms with Gasteiger partial charge in [0.25, 0.3) is 0 Å². The van der Waals surface area contributed by atoms with Crippen molar-refractivity contribution in [3.63, 3.8) is 0 Å². The van der Waals surface area contributed by atoms with Gasteiger partial charge in [-0.2, -0.15) is 13.2 Å². The number of alkyl halides is 3. The van der Waals surface area contributed by atoms with E-state index in [9.17, 15) is 13.2 Å². The summed E-state index contributed by atoms with van der Waals surface area (Å²) in [7, 11) is 0. The molecular weight excluding hydrogens is 259 g/mol. The molecule has 1 aliphatic heterocycles. The van der Waals surface area contributed by atoms with Gasteiger partial charge in [-0.3, -0.25) is 0 Å². The van der Waals surface area contributed by atoms with Crippen molar-refractivity contribution in [2.45, 2.75) is 38.8 Å². The summed E-state index contributed by atoms with van der Waals surface area (Å²) in [6.07, 6.45) is -0.680. The van der Waals surface area contributed by atoms with Gasteiger partial charge in [0.1, 0.15) is 6.61 Å². The predicted octanol–water partition coefficient (Wildman–Crippen LogP) is 2.75. The van der Waals surface area contributed by atoms with Crippen LogP contribution in [0.2, 0.25) is 0 Å². The molecule has 1 unspecified atom stereocenters. The van der Waals surface area contributed by atoms with Crippen LogP contribution in [0, 0.1) is 5.41 Å². The zero-order valence-corrected chi connectivity index (χ0v) is 11.5. The molecule has 1 saturated heterocycles. The Morgan fingerprint density at radius 2 is 2.16 bits per heavy atom. The van der Waals surface area contributed by atoms with Crippen LogP contribution in [-0.4, -0.2) is 45.7 Å². The summed E-state index contributed by atoms with van der Waals surface area (Å²) in [6, 6.07) is 0. The fraction of sp³-hybridized carbons (Fsp3) is 1.00. The van der Waals surface area contributed by atoms with Crippen LogP contribution in [0.4, 0.5) is 13.2 Å². The first kappa shape index (κ1) is 16.7. The first-order chi connectivity index (χ1) is 8.97. The normalized spacial score (nSPS) is 24.0. The van der Waals surface area contributed by atoms with Crippen molar-refractivity contribution < 1.29 is 22.6 Å². The fourth-order valence-corrected chi connectivity index (χ4v) is 2.34. The van der Waals surface area contributed by atoms with Crippen LogP contribution in [-0.2, 0) is 9.47 Å². The van der Waals surface area contributed by atoms with E-state index in [1.165, 1.54) is 0 Å². The predicted molar refractivity (Wildman–Crippen MR) is 67.1 cm³/mol. The third kappa shape index (κ3) is 7.13. The van der Waals surface area contributed by atoms with Gasteiger partial charge >= 0.3 is 6.18 Å². The third-order valence-electron chi connectivity index (χ3n) is 3.37. The minimum atomic E-state index is -4.23. The molecule has 0 aromatic carbocycles. The van der Waals surface area contributed by atoms with Gasteiger partial charge in [-0.15, -0.1) is 0 Å². The van der Waals surface area contributed by atoms with Crippen molar-refractivity contribution in [2.24, 2.45) is 5.41 Å². The zero-order chi connectivity index (χ0) is 14.2. The SMILES string of the molecule is CCCNCC1(CCCOCC(F)(F)F)CCOC1. The second-order valence-corrected chi connectivity index (χ2v) is 5.25. The van der Waals surface area contributed by atoms with Crippen molar-refractivity contribution in [3.05, 3.63) is 0 Å². The molecule has 1 atom stereocenters. The van der Waals surface area contributed by atoms with E-state index >= 15 is 0 Å². The average Bonchev–Trinajstić information content (AvgIpc) is 2.77. The van der Waals surface area contributed by atoms with Crippen molar-refractivity contribution >= 4 is 0 Å². The van der Waals surface area contributed by atoms with E-state index < -0.39 is 12.8 Å². The minimum absolute atomic E-state index is 0.0801. The summed E-state index contributed by atoms with van der Waals surface area (Å²) in [5, 5.41) is 3.38. The van der Waals surface area contributed by atoms with E-state index in [1.54, 1.807) is 0 Å². The van der Waals surface area contributed by atoms with E-state index in [0.29, 0.717) is 13.0 Å². The molecule has 0 amide bonds. The van der Waals surface area contributed by atoms with Gasteiger partial charge in [-0.05, 0) is 32.2 Å². The summed E-state index contributed by atoms with van der Waals surface area (Å²) >= 11 is 0. The maximum Gasteiger partial charge on any atom is 0.411 e. The Labute approximate surface area is 112 Å². The smallest absolute Gasteiger partial charge is 0.381 e. The second-order valence-electron chi connectivity index (χ2n) is 5.25. The Hall–Kier alpha value is -0.330. The highest BCUT2D eigenvalue weighted by Gasteiger charge is 2.34. The molecule has 0 radical (unpaired) electrons. The highest BCUT2D eigenvalue weighted by Crippen LogP contribution is 2.33. The second kappa shape index (κ2) is 8.07. The molecule has 114 valence electrons. The molecule has 3 nitrogen and oxygen atoms in total. The van der Waals surface area contributed by atoms with Crippen molar-refractivity contribution in [1.82, 2.24) is 5.32 Å². The molecule has 0 bridgehead atoms. The fourth-order valence-electron chi connectivity index (χ4n) is 2.34. The number of nitrogens with one attached hydrogen (secondary N) is 1. The molecule has 0 saturated carbocycles. The molecule has 0 aliphatic carbocycles. The minimum Gasteiger partial charge on any atom is -0.381 e. The lowest BCUT2D eigenvalue weighted by atomic mass is 9.82. The van der Waals surface area contributed by atoms with E-state index in [4.69, 9.17) is 4.74 Å². The molecule has 1 heterocycles. The van der Waals surface area contributed by atoms with Crippen LogP contribution in [0.25, 0.3) is 0 Å². The maximum atomic E-state index is 11.9. The van der Waals surface area contributed by atoms with Gasteiger partial charge in [0, 0.05) is 25.2 Å². The average molecular weight is 283 g/mol. The number of ether oxygens (including phenoxy) is 2. The van der Waals surface area contributed by atoms with E-state index in [0.717, 1.165) is 39.0 Å². The van der Waals surface area contributed by atoms with Gasteiger partial charge < -0.3 is 14.8 Å². The van der Waals surface area contributed by atoms with Crippen LogP contribution >= 0.6 is 0 Å². The lowest BCUT2D eigenvalue weighted by molar-refractivity contribution is -0.174. The van der Waals surface area contributed by atoms with Gasteiger partial charge in [0.2, 0.25) is 0 Å². The summed E-state index contributed by atoms with van der Waals surface area (Å²) < 4.78 is 45.8. The zero-order valence-electron chi connectivity index (χ0n) is 11.5. The number of hydrogen-bond donors (Lipinski definition) is 1. The van der Waals surface area contributed by atoms with Crippen LogP contribution in [0.1, 0.15) is 32.6 Å². The van der Waals surface area contributed by atoms with E-state index in [1.807, 2.05) is 0 Å². The Morgan fingerprint density at radius 3 is 2.74 bits per heavy atom. The van der Waals surface area contributed by atoms with Gasteiger partial charge in [0.15, 0.2) is 0 Å². The van der Waals surface area contributed by atoms with Crippen LogP contribution < -0.4 is 5.32 Å². The maximum absolute atomic E-state index is 11.9. The Morgan fingerprint density at radius 1 is 1.37 bits per heavy atom. The van der Waals surface area contributed by atoms with Crippen molar-refractivity contribution in [2.75, 3.05) is 39.5 Å². The third-order valence-corrected chi connectivity index (χ3v) is 3.37. The van der Waals surface area contributed by atoms with Gasteiger partial charge in [-0.25, -0.2) is 0 Å². The Bertz CT molecular complexity index is 241. The van der Waals surface area contributed by atoms with E-state index in [2.05, 4.69) is 17.0 Å². The highest BCUT2D eigenvalue weighted by atomic mass is 19.4. The molecular formula is C13H24F3NO2. The van der Waals surface area contributed by atoms with Gasteiger partial charge in [0.05, 0.1) is 6.61 Å². The quantitative estimate of drug-likeness (QED) is 0.660. The van der Waals surface area contributed by atoms with Crippen molar-refractivity contribution in [1.29, 1.82) is 0 Å². The highest BCUT2D eigenvalue weighted by molar-refractivity contribution is 4.85. The molecule has 19 heavy (non-hydrogen) atoms. The summed E-state index contributed by atoms with van der Waals surface area (Å²) in [4.78, 5) is 0. The molecule has 1 N–H and O–H groups in total. The largest absolute Gasteiger partial charge is 0.411 e. The van der Waals surface area contributed by atoms with Gasteiger partial charge in [-0.1, -0.05) is 6.92 Å². The van der Waals surface area contributed by atoms with E-state index in [-0.39, 0.29) is 12.0 Å².